The molecule has 0 N–H and O–H groups in total. The number of rotatable bonds is 9. The molecule has 5 heteroatoms. The number of carbonyl (C=O) groups is 1. The van der Waals surface area contributed by atoms with Crippen LogP contribution in [0.15, 0.2) is 0 Å². The molecule has 0 heterocycles. The number of quaternary nitrogens is 1. The number of likely N-dealkylation sites (N-methyl/N-ethyl adjacent to an activating group) is 1. The van der Waals surface area contributed by atoms with E-state index in [4.69, 9.17) is 14.6 Å². The Morgan fingerprint density at radius 2 is 1.47 bits per heavy atom. The van der Waals surface area contributed by atoms with Crippen LogP contribution in [0.1, 0.15) is 39.5 Å². The average molecular weight is 277 g/mol. The van der Waals surface area contributed by atoms with E-state index in [1.54, 1.807) is 7.11 Å². The van der Waals surface area contributed by atoms with Crippen molar-refractivity contribution >= 4 is 6.16 Å². The van der Waals surface area contributed by atoms with Gasteiger partial charge in [0.25, 0.3) is 6.16 Å². The van der Waals surface area contributed by atoms with Crippen LogP contribution < -0.4 is 5.11 Å². The molecule has 0 atom stereocenters. The predicted octanol–water partition coefficient (Wildman–Crippen LogP) is 1.66. The fourth-order valence-corrected chi connectivity index (χ4v) is 1.73. The minimum Gasteiger partial charge on any atom is -0.553 e. The van der Waals surface area contributed by atoms with E-state index < -0.39 is 6.16 Å². The topological polar surface area (TPSA) is 58.6 Å². The summed E-state index contributed by atoms with van der Waals surface area (Å²) in [7, 11) is 5.20. The van der Waals surface area contributed by atoms with E-state index in [9.17, 15) is 0 Å². The van der Waals surface area contributed by atoms with Gasteiger partial charge in [0.05, 0.1) is 26.7 Å². The van der Waals surface area contributed by atoms with Crippen molar-refractivity contribution in [2.75, 3.05) is 47.5 Å². The number of carboxylic acid groups (broad SMARTS) is 1. The van der Waals surface area contributed by atoms with Gasteiger partial charge in [-0.1, -0.05) is 26.7 Å². The van der Waals surface area contributed by atoms with Crippen molar-refractivity contribution in [3.05, 3.63) is 0 Å². The molecule has 5 nitrogen and oxygen atoms in total. The third-order valence-electron chi connectivity index (χ3n) is 3.10. The second-order valence-electron chi connectivity index (χ2n) is 4.94. The molecule has 0 unspecified atom stereocenters. The van der Waals surface area contributed by atoms with Crippen LogP contribution >= 0.6 is 0 Å². The summed E-state index contributed by atoms with van der Waals surface area (Å²) in [6.07, 6.45) is 3.78. The highest BCUT2D eigenvalue weighted by Gasteiger charge is 2.19. The number of hydrogen-bond acceptors (Lipinski definition) is 4. The van der Waals surface area contributed by atoms with Crippen LogP contribution in [0.4, 0.5) is 4.79 Å². The van der Waals surface area contributed by atoms with Gasteiger partial charge in [0.1, 0.15) is 6.54 Å². The van der Waals surface area contributed by atoms with Crippen LogP contribution in [0.5, 0.6) is 0 Å². The normalized spacial score (nSPS) is 10.6. The number of nitrogens with zero attached hydrogens (tertiary/aromatic N) is 1. The molecule has 0 aliphatic rings. The van der Waals surface area contributed by atoms with E-state index >= 15 is 0 Å². The SMILES string of the molecule is CCCC[N+](C)(CCCC)CCOC.COC(=O)[O-]. The highest BCUT2D eigenvalue weighted by atomic mass is 16.6. The molecule has 19 heavy (non-hydrogen) atoms. The molecule has 0 bridgehead atoms. The monoisotopic (exact) mass is 277 g/mol. The Balaban J connectivity index is 0. The van der Waals surface area contributed by atoms with Gasteiger partial charge in [0, 0.05) is 14.2 Å². The largest absolute Gasteiger partial charge is 0.553 e. The molecule has 0 rings (SSSR count). The minimum absolute atomic E-state index is 0.893. The molecule has 0 saturated heterocycles. The summed E-state index contributed by atoms with van der Waals surface area (Å²) < 4.78 is 9.93. The lowest BCUT2D eigenvalue weighted by Crippen LogP contribution is -2.47. The Bertz CT molecular complexity index is 188. The Morgan fingerprint density at radius 3 is 1.74 bits per heavy atom. The van der Waals surface area contributed by atoms with Gasteiger partial charge in [-0.2, -0.15) is 0 Å². The van der Waals surface area contributed by atoms with Gasteiger partial charge in [-0.05, 0) is 12.8 Å². The minimum atomic E-state index is -1.50. The standard InChI is InChI=1S/C12H28NO.C2H4O3/c1-5-7-9-13(3,10-8-6-2)11-12-14-4;1-5-2(3)4/h5-12H2,1-4H3;1H3,(H,3,4)/q+1;/p-1. The molecule has 0 amide bonds. The van der Waals surface area contributed by atoms with E-state index in [1.165, 1.54) is 43.3 Å². The lowest BCUT2D eigenvalue weighted by Gasteiger charge is -2.34. The second-order valence-corrected chi connectivity index (χ2v) is 4.94. The van der Waals surface area contributed by atoms with Gasteiger partial charge in [-0.3, -0.25) is 0 Å². The molecule has 0 radical (unpaired) electrons. The number of carbonyl (C=O) groups excluding carboxylic acids is 1. The van der Waals surface area contributed by atoms with Gasteiger partial charge < -0.3 is 23.9 Å². The average Bonchev–Trinajstić information content (AvgIpc) is 2.41. The van der Waals surface area contributed by atoms with E-state index in [2.05, 4.69) is 25.6 Å². The van der Waals surface area contributed by atoms with E-state index in [0.717, 1.165) is 20.3 Å². The molecule has 0 aromatic rings. The molecule has 0 aromatic heterocycles. The highest BCUT2D eigenvalue weighted by Crippen LogP contribution is 2.08. The van der Waals surface area contributed by atoms with Crippen molar-refractivity contribution in [1.29, 1.82) is 0 Å². The molecule has 0 fully saturated rings. The molecule has 0 spiro atoms. The number of unbranched alkanes of at least 4 members (excludes halogenated alkanes) is 2. The van der Waals surface area contributed by atoms with Crippen LogP contribution in [0.25, 0.3) is 0 Å². The van der Waals surface area contributed by atoms with Crippen LogP contribution in [-0.4, -0.2) is 58.1 Å². The van der Waals surface area contributed by atoms with E-state index in [0.29, 0.717) is 0 Å². The predicted molar refractivity (Wildman–Crippen MR) is 74.9 cm³/mol. The van der Waals surface area contributed by atoms with Crippen molar-refractivity contribution in [2.45, 2.75) is 39.5 Å². The molecule has 0 saturated carbocycles. The van der Waals surface area contributed by atoms with Gasteiger partial charge in [0.2, 0.25) is 0 Å². The molecule has 0 aliphatic heterocycles. The zero-order valence-corrected chi connectivity index (χ0v) is 13.2. The summed E-state index contributed by atoms with van der Waals surface area (Å²) in [6, 6.07) is 0. The Morgan fingerprint density at radius 1 is 1.05 bits per heavy atom. The lowest BCUT2D eigenvalue weighted by atomic mass is 10.2. The first-order valence-corrected chi connectivity index (χ1v) is 7.03. The molecular weight excluding hydrogens is 246 g/mol. The number of methoxy groups -OCH3 is 2. The highest BCUT2D eigenvalue weighted by molar-refractivity contribution is 5.53. The number of hydrogen-bond donors (Lipinski definition) is 0. The van der Waals surface area contributed by atoms with Crippen LogP contribution in [0, 0.1) is 0 Å². The summed E-state index contributed by atoms with van der Waals surface area (Å²) in [5.41, 5.74) is 0. The van der Waals surface area contributed by atoms with Gasteiger partial charge in [-0.25, -0.2) is 0 Å². The van der Waals surface area contributed by atoms with E-state index in [1.807, 2.05) is 0 Å². The summed E-state index contributed by atoms with van der Waals surface area (Å²) in [4.78, 5) is 9.03. The fraction of sp³-hybridized carbons (Fsp3) is 0.929. The van der Waals surface area contributed by atoms with Gasteiger partial charge >= 0.3 is 0 Å². The van der Waals surface area contributed by atoms with Crippen molar-refractivity contribution < 1.29 is 23.9 Å². The summed E-state index contributed by atoms with van der Waals surface area (Å²) in [5.74, 6) is 0. The van der Waals surface area contributed by atoms with Gasteiger partial charge in [-0.15, -0.1) is 0 Å². The quantitative estimate of drug-likeness (QED) is 0.475. The number of ether oxygens (including phenoxy) is 2. The van der Waals surface area contributed by atoms with Gasteiger partial charge in [0.15, 0.2) is 0 Å². The third kappa shape index (κ3) is 15.1. The van der Waals surface area contributed by atoms with Crippen LogP contribution in [0.2, 0.25) is 0 Å². The Hall–Kier alpha value is -0.810. The smallest absolute Gasteiger partial charge is 0.251 e. The maximum absolute atomic E-state index is 9.03. The zero-order valence-electron chi connectivity index (χ0n) is 13.2. The summed E-state index contributed by atoms with van der Waals surface area (Å²) in [6.45, 7) is 9.20. The Labute approximate surface area is 118 Å². The maximum Gasteiger partial charge on any atom is 0.251 e. The first kappa shape index (κ1) is 20.5. The summed E-state index contributed by atoms with van der Waals surface area (Å²) in [5, 5.41) is 9.03. The van der Waals surface area contributed by atoms with E-state index in [-0.39, 0.29) is 0 Å². The van der Waals surface area contributed by atoms with Crippen molar-refractivity contribution in [1.82, 2.24) is 0 Å². The first-order chi connectivity index (χ1) is 8.95. The van der Waals surface area contributed by atoms with Crippen molar-refractivity contribution in [2.24, 2.45) is 0 Å². The Kier molecular flexibility index (Phi) is 14.7. The molecule has 116 valence electrons. The zero-order chi connectivity index (χ0) is 15.1. The van der Waals surface area contributed by atoms with Crippen LogP contribution in [0.3, 0.4) is 0 Å². The molecule has 0 aromatic carbocycles. The first-order valence-electron chi connectivity index (χ1n) is 7.03. The fourth-order valence-electron chi connectivity index (χ4n) is 1.73. The van der Waals surface area contributed by atoms with Crippen molar-refractivity contribution in [3.8, 4) is 0 Å². The summed E-state index contributed by atoms with van der Waals surface area (Å²) >= 11 is 0. The van der Waals surface area contributed by atoms with Crippen molar-refractivity contribution in [3.63, 3.8) is 0 Å². The van der Waals surface area contributed by atoms with Crippen LogP contribution in [-0.2, 0) is 9.47 Å². The second kappa shape index (κ2) is 13.6. The third-order valence-corrected chi connectivity index (χ3v) is 3.10. The molecular formula is C14H31NO4. The maximum atomic E-state index is 9.03. The molecule has 0 aliphatic carbocycles. The lowest BCUT2D eigenvalue weighted by molar-refractivity contribution is -0.910.